The molecule has 1 aromatic carbocycles. The lowest BCUT2D eigenvalue weighted by Gasteiger charge is -2.11. The Bertz CT molecular complexity index is 497. The predicted octanol–water partition coefficient (Wildman–Crippen LogP) is 3.29. The van der Waals surface area contributed by atoms with Crippen LogP contribution in [0.2, 0.25) is 0 Å². The summed E-state index contributed by atoms with van der Waals surface area (Å²) in [5.74, 6) is 0.750. The highest BCUT2D eigenvalue weighted by atomic mass is 16.7. The molecule has 1 heterocycles. The van der Waals surface area contributed by atoms with Crippen LogP contribution in [0.5, 0.6) is 5.75 Å². The van der Waals surface area contributed by atoms with Crippen LogP contribution >= 0.6 is 0 Å². The number of hydrogen-bond donors (Lipinski definition) is 0. The van der Waals surface area contributed by atoms with Crippen LogP contribution in [0.1, 0.15) is 12.6 Å². The van der Waals surface area contributed by atoms with Crippen molar-refractivity contribution < 1.29 is 9.47 Å². The molecule has 2 rings (SSSR count). The number of hydrogen-bond acceptors (Lipinski definition) is 3. The average molecular weight is 243 g/mol. The van der Waals surface area contributed by atoms with Gasteiger partial charge in [-0.15, -0.1) is 0 Å². The van der Waals surface area contributed by atoms with Crippen molar-refractivity contribution in [3.8, 4) is 17.0 Å². The molecule has 0 radical (unpaired) electrons. The van der Waals surface area contributed by atoms with Gasteiger partial charge >= 0.3 is 0 Å². The summed E-state index contributed by atoms with van der Waals surface area (Å²) in [7, 11) is 1.61. The van der Waals surface area contributed by atoms with Crippen molar-refractivity contribution in [3.05, 3.63) is 48.2 Å². The van der Waals surface area contributed by atoms with E-state index < -0.39 is 0 Å². The summed E-state index contributed by atoms with van der Waals surface area (Å²) in [6, 6.07) is 14.0. The maximum atomic E-state index is 5.56. The zero-order valence-electron chi connectivity index (χ0n) is 10.7. The van der Waals surface area contributed by atoms with Crippen molar-refractivity contribution in [1.82, 2.24) is 4.98 Å². The summed E-state index contributed by atoms with van der Waals surface area (Å²) < 4.78 is 10.5. The second kappa shape index (κ2) is 6.17. The molecule has 0 saturated heterocycles. The fourth-order valence-corrected chi connectivity index (χ4v) is 1.73. The molecule has 1 aromatic heterocycles. The topological polar surface area (TPSA) is 31.4 Å². The maximum absolute atomic E-state index is 5.56. The molecule has 2 aromatic rings. The van der Waals surface area contributed by atoms with Crippen LogP contribution in [0.15, 0.2) is 42.5 Å². The lowest BCUT2D eigenvalue weighted by Crippen LogP contribution is -2.02. The normalized spacial score (nSPS) is 10.3. The Morgan fingerprint density at radius 3 is 2.50 bits per heavy atom. The molecule has 0 aliphatic heterocycles. The number of ether oxygens (including phenoxy) is 2. The SMILES string of the molecule is CCc1ccc(OCOC)c(-c2ccccc2)n1. The standard InChI is InChI=1S/C15H17NO2/c1-3-13-9-10-14(18-11-17-2)15(16-13)12-7-5-4-6-8-12/h4-10H,3,11H2,1-2H3. The molecule has 0 saturated carbocycles. The molecule has 18 heavy (non-hydrogen) atoms. The zero-order chi connectivity index (χ0) is 12.8. The van der Waals surface area contributed by atoms with E-state index in [0.29, 0.717) is 0 Å². The number of rotatable bonds is 5. The van der Waals surface area contributed by atoms with Crippen molar-refractivity contribution in [1.29, 1.82) is 0 Å². The number of pyridine rings is 1. The van der Waals surface area contributed by atoms with E-state index in [9.17, 15) is 0 Å². The lowest BCUT2D eigenvalue weighted by atomic mass is 10.1. The molecule has 94 valence electrons. The van der Waals surface area contributed by atoms with Crippen LogP contribution in [0, 0.1) is 0 Å². The minimum Gasteiger partial charge on any atom is -0.465 e. The summed E-state index contributed by atoms with van der Waals surface area (Å²) in [4.78, 5) is 4.63. The highest BCUT2D eigenvalue weighted by Gasteiger charge is 2.08. The van der Waals surface area contributed by atoms with Gasteiger partial charge in [0.05, 0.1) is 0 Å². The van der Waals surface area contributed by atoms with Gasteiger partial charge in [-0.1, -0.05) is 37.3 Å². The van der Waals surface area contributed by atoms with Crippen LogP contribution in [0.4, 0.5) is 0 Å². The first kappa shape index (κ1) is 12.6. The molecule has 0 amide bonds. The number of aromatic nitrogens is 1. The highest BCUT2D eigenvalue weighted by Crippen LogP contribution is 2.28. The minimum atomic E-state index is 0.229. The van der Waals surface area contributed by atoms with E-state index in [0.717, 1.165) is 29.1 Å². The Morgan fingerprint density at radius 1 is 1.06 bits per heavy atom. The van der Waals surface area contributed by atoms with E-state index in [1.165, 1.54) is 0 Å². The summed E-state index contributed by atoms with van der Waals surface area (Å²) in [6.07, 6.45) is 0.907. The van der Waals surface area contributed by atoms with Crippen LogP contribution in [-0.4, -0.2) is 18.9 Å². The molecule has 0 bridgehead atoms. The molecule has 0 N–H and O–H groups in total. The van der Waals surface area contributed by atoms with E-state index in [1.807, 2.05) is 42.5 Å². The molecular formula is C15H17NO2. The van der Waals surface area contributed by atoms with E-state index in [4.69, 9.17) is 9.47 Å². The van der Waals surface area contributed by atoms with Gasteiger partial charge in [0.15, 0.2) is 6.79 Å². The Hall–Kier alpha value is -1.87. The summed E-state index contributed by atoms with van der Waals surface area (Å²) in [5, 5.41) is 0. The third-order valence-electron chi connectivity index (χ3n) is 2.66. The van der Waals surface area contributed by atoms with Gasteiger partial charge in [-0.05, 0) is 18.6 Å². The largest absolute Gasteiger partial charge is 0.465 e. The molecule has 0 aliphatic rings. The van der Waals surface area contributed by atoms with Crippen molar-refractivity contribution in [2.75, 3.05) is 13.9 Å². The Kier molecular flexibility index (Phi) is 4.31. The van der Waals surface area contributed by atoms with E-state index in [1.54, 1.807) is 7.11 Å². The minimum absolute atomic E-state index is 0.229. The molecule has 3 nitrogen and oxygen atoms in total. The maximum Gasteiger partial charge on any atom is 0.188 e. The molecule has 0 fully saturated rings. The molecule has 3 heteroatoms. The average Bonchev–Trinajstić information content (AvgIpc) is 2.46. The molecule has 0 spiro atoms. The number of benzene rings is 1. The zero-order valence-corrected chi connectivity index (χ0v) is 10.7. The molecule has 0 atom stereocenters. The second-order valence-electron chi connectivity index (χ2n) is 3.92. The quantitative estimate of drug-likeness (QED) is 0.755. The van der Waals surface area contributed by atoms with Crippen LogP contribution < -0.4 is 4.74 Å². The first-order valence-corrected chi connectivity index (χ1v) is 6.02. The molecule has 0 unspecified atom stereocenters. The van der Waals surface area contributed by atoms with Gasteiger partial charge in [0, 0.05) is 18.4 Å². The van der Waals surface area contributed by atoms with Crippen molar-refractivity contribution >= 4 is 0 Å². The van der Waals surface area contributed by atoms with Crippen LogP contribution in [-0.2, 0) is 11.2 Å². The van der Waals surface area contributed by atoms with Crippen LogP contribution in [0.3, 0.4) is 0 Å². The lowest BCUT2D eigenvalue weighted by molar-refractivity contribution is 0.0513. The first-order chi connectivity index (χ1) is 8.85. The van der Waals surface area contributed by atoms with E-state index in [-0.39, 0.29) is 6.79 Å². The van der Waals surface area contributed by atoms with Crippen molar-refractivity contribution in [2.24, 2.45) is 0 Å². The highest BCUT2D eigenvalue weighted by molar-refractivity contribution is 5.66. The third kappa shape index (κ3) is 2.87. The predicted molar refractivity (Wildman–Crippen MR) is 71.6 cm³/mol. The van der Waals surface area contributed by atoms with Crippen LogP contribution in [0.25, 0.3) is 11.3 Å². The Balaban J connectivity index is 2.41. The number of methoxy groups -OCH3 is 1. The van der Waals surface area contributed by atoms with Crippen molar-refractivity contribution in [2.45, 2.75) is 13.3 Å². The van der Waals surface area contributed by atoms with Gasteiger partial charge in [-0.3, -0.25) is 0 Å². The number of nitrogens with zero attached hydrogens (tertiary/aromatic N) is 1. The summed E-state index contributed by atoms with van der Waals surface area (Å²) in [5.41, 5.74) is 2.98. The molecular weight excluding hydrogens is 226 g/mol. The van der Waals surface area contributed by atoms with Crippen molar-refractivity contribution in [3.63, 3.8) is 0 Å². The fourth-order valence-electron chi connectivity index (χ4n) is 1.73. The van der Waals surface area contributed by atoms with E-state index >= 15 is 0 Å². The van der Waals surface area contributed by atoms with Gasteiger partial charge in [-0.2, -0.15) is 0 Å². The summed E-state index contributed by atoms with van der Waals surface area (Å²) in [6.45, 7) is 2.32. The molecule has 0 aliphatic carbocycles. The smallest absolute Gasteiger partial charge is 0.188 e. The Morgan fingerprint density at radius 2 is 1.83 bits per heavy atom. The first-order valence-electron chi connectivity index (χ1n) is 6.02. The fraction of sp³-hybridized carbons (Fsp3) is 0.267. The van der Waals surface area contributed by atoms with Gasteiger partial charge in [-0.25, -0.2) is 4.98 Å². The van der Waals surface area contributed by atoms with Gasteiger partial charge < -0.3 is 9.47 Å². The monoisotopic (exact) mass is 243 g/mol. The van der Waals surface area contributed by atoms with Gasteiger partial charge in [0.2, 0.25) is 0 Å². The Labute approximate surface area is 107 Å². The number of aryl methyl sites for hydroxylation is 1. The summed E-state index contributed by atoms with van der Waals surface area (Å²) >= 11 is 0. The third-order valence-corrected chi connectivity index (χ3v) is 2.66. The van der Waals surface area contributed by atoms with Gasteiger partial charge in [0.25, 0.3) is 0 Å². The van der Waals surface area contributed by atoms with Gasteiger partial charge in [0.1, 0.15) is 11.4 Å². The van der Waals surface area contributed by atoms with E-state index in [2.05, 4.69) is 11.9 Å². The second-order valence-corrected chi connectivity index (χ2v) is 3.92.